The second-order valence-corrected chi connectivity index (χ2v) is 7.20. The first-order valence-corrected chi connectivity index (χ1v) is 9.18. The Hall–Kier alpha value is -2.63. The fourth-order valence-corrected chi connectivity index (χ4v) is 3.73. The highest BCUT2D eigenvalue weighted by Crippen LogP contribution is 2.33. The van der Waals surface area contributed by atoms with Gasteiger partial charge in [0.15, 0.2) is 0 Å². The number of nitrogens with one attached hydrogen (secondary N) is 2. The number of carbonyl (C=O) groups is 2. The van der Waals surface area contributed by atoms with Gasteiger partial charge < -0.3 is 10.6 Å². The van der Waals surface area contributed by atoms with Crippen LogP contribution in [0.3, 0.4) is 0 Å². The van der Waals surface area contributed by atoms with Crippen molar-refractivity contribution >= 4 is 40.4 Å². The zero-order chi connectivity index (χ0) is 18.7. The lowest BCUT2D eigenvalue weighted by Crippen LogP contribution is -2.18. The molecule has 0 atom stereocenters. The van der Waals surface area contributed by atoms with Crippen LogP contribution in [0.25, 0.3) is 10.4 Å². The standard InChI is InChI=1S/C20H17ClN2O2S/c1-12-7-8-13(19(24)22-2)11-16(12)23-20(25)18-10-9-17(26-18)14-5-3-4-6-15(14)21/h3-11H,1-2H3,(H,22,24)(H,23,25). The molecule has 0 fully saturated rings. The van der Waals surface area contributed by atoms with Gasteiger partial charge in [-0.3, -0.25) is 9.59 Å². The van der Waals surface area contributed by atoms with Gasteiger partial charge in [0.05, 0.1) is 4.88 Å². The molecule has 1 aromatic heterocycles. The Kier molecular flexibility index (Phi) is 5.40. The van der Waals surface area contributed by atoms with E-state index in [0.717, 1.165) is 16.0 Å². The molecule has 4 nitrogen and oxygen atoms in total. The summed E-state index contributed by atoms with van der Waals surface area (Å²) in [5.74, 6) is -0.414. The van der Waals surface area contributed by atoms with Gasteiger partial charge in [-0.1, -0.05) is 35.9 Å². The zero-order valence-corrected chi connectivity index (χ0v) is 15.9. The van der Waals surface area contributed by atoms with Crippen molar-refractivity contribution in [1.29, 1.82) is 0 Å². The molecule has 1 heterocycles. The molecule has 6 heteroatoms. The maximum atomic E-state index is 12.6. The number of thiophene rings is 1. The van der Waals surface area contributed by atoms with E-state index in [1.54, 1.807) is 25.2 Å². The Balaban J connectivity index is 1.83. The minimum atomic E-state index is -0.217. The third kappa shape index (κ3) is 3.79. The fourth-order valence-electron chi connectivity index (χ4n) is 2.49. The molecule has 0 aliphatic carbocycles. The van der Waals surface area contributed by atoms with Crippen LogP contribution in [0.4, 0.5) is 5.69 Å². The van der Waals surface area contributed by atoms with Crippen molar-refractivity contribution in [2.24, 2.45) is 0 Å². The van der Waals surface area contributed by atoms with Gasteiger partial charge in [0, 0.05) is 33.8 Å². The maximum absolute atomic E-state index is 12.6. The number of rotatable bonds is 4. The Bertz CT molecular complexity index is 981. The van der Waals surface area contributed by atoms with Crippen LogP contribution in [0.5, 0.6) is 0 Å². The number of benzene rings is 2. The average Bonchev–Trinajstić information content (AvgIpc) is 3.13. The van der Waals surface area contributed by atoms with Crippen molar-refractivity contribution < 1.29 is 9.59 Å². The molecule has 0 saturated carbocycles. The number of amides is 2. The van der Waals surface area contributed by atoms with E-state index < -0.39 is 0 Å². The van der Waals surface area contributed by atoms with Crippen LogP contribution in [0.15, 0.2) is 54.6 Å². The van der Waals surface area contributed by atoms with Crippen molar-refractivity contribution in [3.8, 4) is 10.4 Å². The summed E-state index contributed by atoms with van der Waals surface area (Å²) in [6.45, 7) is 1.88. The lowest BCUT2D eigenvalue weighted by molar-refractivity contribution is 0.0961. The molecule has 26 heavy (non-hydrogen) atoms. The highest BCUT2D eigenvalue weighted by Gasteiger charge is 2.14. The zero-order valence-electron chi connectivity index (χ0n) is 14.3. The molecule has 0 bridgehead atoms. The fraction of sp³-hybridized carbons (Fsp3) is 0.100. The smallest absolute Gasteiger partial charge is 0.265 e. The van der Waals surface area contributed by atoms with Crippen LogP contribution in [0.1, 0.15) is 25.6 Å². The van der Waals surface area contributed by atoms with Crippen molar-refractivity contribution in [2.75, 3.05) is 12.4 Å². The van der Waals surface area contributed by atoms with Crippen LogP contribution in [-0.2, 0) is 0 Å². The van der Waals surface area contributed by atoms with Gasteiger partial charge in [-0.2, -0.15) is 0 Å². The predicted octanol–water partition coefficient (Wildman–Crippen LogP) is 4.99. The number of carbonyl (C=O) groups excluding carboxylic acids is 2. The van der Waals surface area contributed by atoms with E-state index in [-0.39, 0.29) is 11.8 Å². The first kappa shape index (κ1) is 18.2. The highest BCUT2D eigenvalue weighted by molar-refractivity contribution is 7.17. The third-order valence-corrected chi connectivity index (χ3v) is 5.39. The molecular formula is C20H17ClN2O2S. The number of hydrogen-bond donors (Lipinski definition) is 2. The molecule has 2 N–H and O–H groups in total. The first-order chi connectivity index (χ1) is 12.5. The summed E-state index contributed by atoms with van der Waals surface area (Å²) in [5.41, 5.74) is 2.89. The van der Waals surface area contributed by atoms with Gasteiger partial charge in [0.2, 0.25) is 0 Å². The Morgan fingerprint density at radius 2 is 1.77 bits per heavy atom. The molecule has 3 aromatic rings. The Morgan fingerprint density at radius 1 is 1.00 bits per heavy atom. The van der Waals surface area contributed by atoms with Crippen LogP contribution >= 0.6 is 22.9 Å². The van der Waals surface area contributed by atoms with E-state index in [1.165, 1.54) is 11.3 Å². The lowest BCUT2D eigenvalue weighted by Gasteiger charge is -2.09. The normalized spacial score (nSPS) is 10.4. The molecule has 132 valence electrons. The largest absolute Gasteiger partial charge is 0.355 e. The van der Waals surface area contributed by atoms with E-state index >= 15 is 0 Å². The second kappa shape index (κ2) is 7.72. The van der Waals surface area contributed by atoms with E-state index in [1.807, 2.05) is 43.3 Å². The molecule has 0 spiro atoms. The van der Waals surface area contributed by atoms with Crippen molar-refractivity contribution in [2.45, 2.75) is 6.92 Å². The Labute approximate surface area is 160 Å². The monoisotopic (exact) mass is 384 g/mol. The Morgan fingerprint density at radius 3 is 2.50 bits per heavy atom. The van der Waals surface area contributed by atoms with Gasteiger partial charge >= 0.3 is 0 Å². The number of hydrogen-bond acceptors (Lipinski definition) is 3. The van der Waals surface area contributed by atoms with E-state index in [2.05, 4.69) is 10.6 Å². The van der Waals surface area contributed by atoms with Crippen LogP contribution < -0.4 is 10.6 Å². The average molecular weight is 385 g/mol. The third-order valence-electron chi connectivity index (χ3n) is 3.94. The highest BCUT2D eigenvalue weighted by atomic mass is 35.5. The molecule has 2 amide bonds. The van der Waals surface area contributed by atoms with Crippen molar-refractivity contribution in [3.05, 3.63) is 75.6 Å². The second-order valence-electron chi connectivity index (χ2n) is 5.71. The molecular weight excluding hydrogens is 368 g/mol. The summed E-state index contributed by atoms with van der Waals surface area (Å²) in [7, 11) is 1.57. The molecule has 0 aliphatic rings. The molecule has 0 saturated heterocycles. The lowest BCUT2D eigenvalue weighted by atomic mass is 10.1. The molecule has 0 radical (unpaired) electrons. The first-order valence-electron chi connectivity index (χ1n) is 7.98. The number of halogens is 1. The summed E-state index contributed by atoms with van der Waals surface area (Å²) in [5, 5.41) is 6.11. The summed E-state index contributed by atoms with van der Waals surface area (Å²) < 4.78 is 0. The molecule has 3 rings (SSSR count). The topological polar surface area (TPSA) is 58.2 Å². The molecule has 2 aromatic carbocycles. The van der Waals surface area contributed by atoms with Gasteiger partial charge in [-0.25, -0.2) is 0 Å². The van der Waals surface area contributed by atoms with Crippen LogP contribution in [0, 0.1) is 6.92 Å². The minimum absolute atomic E-state index is 0.197. The molecule has 0 aliphatic heterocycles. The van der Waals surface area contributed by atoms with Gasteiger partial charge in [0.1, 0.15) is 0 Å². The summed E-state index contributed by atoms with van der Waals surface area (Å²) in [6, 6.07) is 16.4. The van der Waals surface area contributed by atoms with Crippen molar-refractivity contribution in [3.63, 3.8) is 0 Å². The predicted molar refractivity (Wildman–Crippen MR) is 107 cm³/mol. The summed E-state index contributed by atoms with van der Waals surface area (Å²) >= 11 is 7.60. The SMILES string of the molecule is CNC(=O)c1ccc(C)c(NC(=O)c2ccc(-c3ccccc3Cl)s2)c1. The quantitative estimate of drug-likeness (QED) is 0.665. The summed E-state index contributed by atoms with van der Waals surface area (Å²) in [6.07, 6.45) is 0. The van der Waals surface area contributed by atoms with Crippen molar-refractivity contribution in [1.82, 2.24) is 5.32 Å². The number of aryl methyl sites for hydroxylation is 1. The van der Waals surface area contributed by atoms with Gasteiger partial charge in [0.25, 0.3) is 11.8 Å². The van der Waals surface area contributed by atoms with Gasteiger partial charge in [-0.05, 0) is 42.8 Å². The van der Waals surface area contributed by atoms with Gasteiger partial charge in [-0.15, -0.1) is 11.3 Å². The number of anilines is 1. The summed E-state index contributed by atoms with van der Waals surface area (Å²) in [4.78, 5) is 25.9. The minimum Gasteiger partial charge on any atom is -0.355 e. The van der Waals surface area contributed by atoms with Crippen LogP contribution in [0.2, 0.25) is 5.02 Å². The maximum Gasteiger partial charge on any atom is 0.265 e. The van der Waals surface area contributed by atoms with Crippen LogP contribution in [-0.4, -0.2) is 18.9 Å². The van der Waals surface area contributed by atoms with E-state index in [4.69, 9.17) is 11.6 Å². The van der Waals surface area contributed by atoms with E-state index in [9.17, 15) is 9.59 Å². The molecule has 0 unspecified atom stereocenters. The van der Waals surface area contributed by atoms with E-state index in [0.29, 0.717) is 21.2 Å².